The Balaban J connectivity index is 1.58. The molecule has 3 rings (SSSR count). The lowest BCUT2D eigenvalue weighted by Crippen LogP contribution is -2.40. The van der Waals surface area contributed by atoms with Gasteiger partial charge >= 0.3 is 6.09 Å². The molecule has 0 aliphatic heterocycles. The number of aryl methyl sites for hydroxylation is 1. The van der Waals surface area contributed by atoms with Crippen molar-refractivity contribution in [1.29, 1.82) is 0 Å². The molecule has 0 atom stereocenters. The van der Waals surface area contributed by atoms with Crippen molar-refractivity contribution < 1.29 is 9.53 Å². The third-order valence-corrected chi connectivity index (χ3v) is 5.29. The van der Waals surface area contributed by atoms with Crippen LogP contribution in [0.25, 0.3) is 10.2 Å². The Hall–Kier alpha value is -1.62. The number of aromatic nitrogens is 1. The highest BCUT2D eigenvalue weighted by atomic mass is 32.1. The van der Waals surface area contributed by atoms with Gasteiger partial charge in [-0.1, -0.05) is 13.8 Å². The SMILES string of the molecule is Cc1nc2cc(OC(=O)NC3CCC(C)(C)CC3)ccc2s1. The number of ether oxygens (including phenoxy) is 1. The summed E-state index contributed by atoms with van der Waals surface area (Å²) < 4.78 is 6.51. The van der Waals surface area contributed by atoms with Gasteiger partial charge in [0.25, 0.3) is 0 Å². The fourth-order valence-electron chi connectivity index (χ4n) is 2.93. The molecule has 1 saturated carbocycles. The molecule has 22 heavy (non-hydrogen) atoms. The molecule has 118 valence electrons. The molecule has 0 radical (unpaired) electrons. The fraction of sp³-hybridized carbons (Fsp3) is 0.529. The van der Waals surface area contributed by atoms with Crippen molar-refractivity contribution in [2.24, 2.45) is 5.41 Å². The minimum atomic E-state index is -0.365. The van der Waals surface area contributed by atoms with Crippen LogP contribution in [0.3, 0.4) is 0 Å². The third kappa shape index (κ3) is 3.58. The van der Waals surface area contributed by atoms with Gasteiger partial charge in [0.1, 0.15) is 5.75 Å². The van der Waals surface area contributed by atoms with Gasteiger partial charge in [0, 0.05) is 12.1 Å². The van der Waals surface area contributed by atoms with E-state index >= 15 is 0 Å². The van der Waals surface area contributed by atoms with Crippen LogP contribution in [0.4, 0.5) is 4.79 Å². The van der Waals surface area contributed by atoms with E-state index in [9.17, 15) is 4.79 Å². The minimum absolute atomic E-state index is 0.228. The highest BCUT2D eigenvalue weighted by Crippen LogP contribution is 2.35. The van der Waals surface area contributed by atoms with Gasteiger partial charge in [-0.15, -0.1) is 11.3 Å². The van der Waals surface area contributed by atoms with Gasteiger partial charge in [-0.05, 0) is 50.2 Å². The monoisotopic (exact) mass is 318 g/mol. The lowest BCUT2D eigenvalue weighted by atomic mass is 9.76. The van der Waals surface area contributed by atoms with Crippen molar-refractivity contribution in [2.75, 3.05) is 0 Å². The molecule has 0 spiro atoms. The van der Waals surface area contributed by atoms with Gasteiger partial charge in [-0.2, -0.15) is 0 Å². The fourth-order valence-corrected chi connectivity index (χ4v) is 3.74. The summed E-state index contributed by atoms with van der Waals surface area (Å²) in [7, 11) is 0. The van der Waals surface area contributed by atoms with Crippen LogP contribution in [-0.2, 0) is 0 Å². The van der Waals surface area contributed by atoms with Crippen molar-refractivity contribution in [3.05, 3.63) is 23.2 Å². The van der Waals surface area contributed by atoms with E-state index in [1.54, 1.807) is 11.3 Å². The van der Waals surface area contributed by atoms with E-state index < -0.39 is 0 Å². The molecule has 5 heteroatoms. The summed E-state index contributed by atoms with van der Waals surface area (Å²) in [6.07, 6.45) is 3.96. The quantitative estimate of drug-likeness (QED) is 0.876. The molecule has 1 aliphatic rings. The van der Waals surface area contributed by atoms with E-state index in [1.165, 1.54) is 0 Å². The molecule has 0 bridgehead atoms. The standard InChI is InChI=1S/C17H22N2O2S/c1-11-18-14-10-13(4-5-15(14)22-11)21-16(20)19-12-6-8-17(2,3)9-7-12/h4-5,10,12H,6-9H2,1-3H3,(H,19,20). The Labute approximate surface area is 134 Å². The smallest absolute Gasteiger partial charge is 0.410 e. The number of thiazole rings is 1. The Kier molecular flexibility index (Phi) is 4.08. The molecule has 1 amide bonds. The summed E-state index contributed by atoms with van der Waals surface area (Å²) in [5, 5.41) is 3.99. The number of hydrogen-bond donors (Lipinski definition) is 1. The summed E-state index contributed by atoms with van der Waals surface area (Å²) in [6.45, 7) is 6.54. The van der Waals surface area contributed by atoms with Crippen LogP contribution in [0.5, 0.6) is 5.75 Å². The summed E-state index contributed by atoms with van der Waals surface area (Å²) >= 11 is 1.64. The molecule has 4 nitrogen and oxygen atoms in total. The number of hydrogen-bond acceptors (Lipinski definition) is 4. The maximum atomic E-state index is 12.0. The van der Waals surface area contributed by atoms with Gasteiger partial charge in [0.2, 0.25) is 0 Å². The van der Waals surface area contributed by atoms with Crippen LogP contribution in [0, 0.1) is 12.3 Å². The number of fused-ring (bicyclic) bond motifs is 1. The second-order valence-corrected chi connectivity index (χ2v) is 8.07. The average Bonchev–Trinajstić information content (AvgIpc) is 2.80. The maximum Gasteiger partial charge on any atom is 0.412 e. The Bertz CT molecular complexity index is 683. The Morgan fingerprint density at radius 3 is 2.82 bits per heavy atom. The lowest BCUT2D eigenvalue weighted by molar-refractivity contribution is 0.174. The van der Waals surface area contributed by atoms with E-state index in [0.717, 1.165) is 40.9 Å². The lowest BCUT2D eigenvalue weighted by Gasteiger charge is -2.34. The summed E-state index contributed by atoms with van der Waals surface area (Å²) in [5.74, 6) is 0.548. The second kappa shape index (κ2) is 5.88. The van der Waals surface area contributed by atoms with E-state index in [4.69, 9.17) is 4.74 Å². The number of nitrogens with zero attached hydrogens (tertiary/aromatic N) is 1. The highest BCUT2D eigenvalue weighted by molar-refractivity contribution is 7.18. The van der Waals surface area contributed by atoms with E-state index in [0.29, 0.717) is 11.2 Å². The number of benzene rings is 1. The molecule has 0 saturated heterocycles. The number of carbonyl (C=O) groups is 1. The van der Waals surface area contributed by atoms with Crippen LogP contribution in [0.2, 0.25) is 0 Å². The largest absolute Gasteiger partial charge is 0.412 e. The van der Waals surface area contributed by atoms with Gasteiger partial charge in [0.15, 0.2) is 0 Å². The van der Waals surface area contributed by atoms with E-state index in [-0.39, 0.29) is 12.1 Å². The van der Waals surface area contributed by atoms with Gasteiger partial charge < -0.3 is 10.1 Å². The van der Waals surface area contributed by atoms with E-state index in [2.05, 4.69) is 24.1 Å². The van der Waals surface area contributed by atoms with E-state index in [1.807, 2.05) is 25.1 Å². The van der Waals surface area contributed by atoms with Crippen LogP contribution in [-0.4, -0.2) is 17.1 Å². The summed E-state index contributed by atoms with van der Waals surface area (Å²) in [5.41, 5.74) is 1.28. The number of amides is 1. The third-order valence-electron chi connectivity index (χ3n) is 4.34. The van der Waals surface area contributed by atoms with Crippen molar-refractivity contribution in [3.63, 3.8) is 0 Å². The molecule has 0 unspecified atom stereocenters. The van der Waals surface area contributed by atoms with Crippen LogP contribution in [0.1, 0.15) is 44.5 Å². The Morgan fingerprint density at radius 2 is 2.09 bits per heavy atom. The van der Waals surface area contributed by atoms with Crippen molar-refractivity contribution in [3.8, 4) is 5.75 Å². The first-order valence-corrected chi connectivity index (χ1v) is 8.58. The van der Waals surface area contributed by atoms with Gasteiger partial charge in [-0.3, -0.25) is 0 Å². The highest BCUT2D eigenvalue weighted by Gasteiger charge is 2.27. The molecular weight excluding hydrogens is 296 g/mol. The van der Waals surface area contributed by atoms with Gasteiger partial charge in [0.05, 0.1) is 15.2 Å². The molecule has 1 heterocycles. The van der Waals surface area contributed by atoms with Crippen molar-refractivity contribution >= 4 is 27.6 Å². The molecule has 1 aromatic heterocycles. The first-order valence-electron chi connectivity index (χ1n) is 7.77. The topological polar surface area (TPSA) is 51.2 Å². The molecule has 1 fully saturated rings. The summed E-state index contributed by atoms with van der Waals surface area (Å²) in [6, 6.07) is 5.82. The van der Waals surface area contributed by atoms with Crippen molar-refractivity contribution in [1.82, 2.24) is 10.3 Å². The number of nitrogens with one attached hydrogen (secondary N) is 1. The van der Waals surface area contributed by atoms with Crippen LogP contribution >= 0.6 is 11.3 Å². The van der Waals surface area contributed by atoms with Crippen molar-refractivity contribution in [2.45, 2.75) is 52.5 Å². The van der Waals surface area contributed by atoms with Crippen LogP contribution < -0.4 is 10.1 Å². The zero-order valence-corrected chi connectivity index (χ0v) is 14.1. The van der Waals surface area contributed by atoms with Crippen LogP contribution in [0.15, 0.2) is 18.2 Å². The maximum absolute atomic E-state index is 12.0. The molecular formula is C17H22N2O2S. The second-order valence-electron chi connectivity index (χ2n) is 6.83. The molecule has 1 aromatic carbocycles. The predicted molar refractivity (Wildman–Crippen MR) is 89.6 cm³/mol. The minimum Gasteiger partial charge on any atom is -0.410 e. The Morgan fingerprint density at radius 1 is 1.36 bits per heavy atom. The predicted octanol–water partition coefficient (Wildman–Crippen LogP) is 4.66. The number of rotatable bonds is 2. The average molecular weight is 318 g/mol. The molecule has 2 aromatic rings. The summed E-state index contributed by atoms with van der Waals surface area (Å²) in [4.78, 5) is 16.5. The first-order chi connectivity index (χ1) is 10.4. The normalized spacial score (nSPS) is 18.3. The zero-order chi connectivity index (χ0) is 15.7. The zero-order valence-electron chi connectivity index (χ0n) is 13.3. The first kappa shape index (κ1) is 15.3. The molecule has 1 aliphatic carbocycles. The number of carbonyl (C=O) groups excluding carboxylic acids is 1. The molecule has 1 N–H and O–H groups in total. The van der Waals surface area contributed by atoms with Gasteiger partial charge in [-0.25, -0.2) is 9.78 Å².